The van der Waals surface area contributed by atoms with Crippen LogP contribution < -0.4 is 10.5 Å². The number of carbonyl (C=O) groups excluding carboxylic acids is 1. The summed E-state index contributed by atoms with van der Waals surface area (Å²) >= 11 is 0. The third-order valence-corrected chi connectivity index (χ3v) is 1.87. The van der Waals surface area contributed by atoms with E-state index in [9.17, 15) is 4.79 Å². The van der Waals surface area contributed by atoms with E-state index in [-0.39, 0.29) is 11.5 Å². The Bertz CT molecular complexity index is 353. The van der Waals surface area contributed by atoms with Crippen molar-refractivity contribution in [3.8, 4) is 5.75 Å². The molecular weight excluding hydrogens is 190 g/mol. The Balaban J connectivity index is 2.91. The van der Waals surface area contributed by atoms with Crippen LogP contribution in [0.15, 0.2) is 24.3 Å². The molecule has 82 valence electrons. The minimum absolute atomic E-state index is 0.308. The number of carbonyl (C=O) groups is 1. The molecule has 0 amide bonds. The Kier molecular flexibility index (Phi) is 3.48. The SMILES string of the molecule is CC(=O)Oc1ccccc1CC(C)(C)N. The summed E-state index contributed by atoms with van der Waals surface area (Å²) in [4.78, 5) is 10.9. The summed E-state index contributed by atoms with van der Waals surface area (Å²) in [6, 6.07) is 7.45. The average Bonchev–Trinajstić information content (AvgIpc) is 2.05. The second-order valence-corrected chi connectivity index (χ2v) is 4.37. The van der Waals surface area contributed by atoms with E-state index in [0.717, 1.165) is 5.56 Å². The molecule has 1 aromatic rings. The zero-order chi connectivity index (χ0) is 11.5. The Morgan fingerprint density at radius 1 is 1.40 bits per heavy atom. The van der Waals surface area contributed by atoms with Crippen LogP contribution in [0.5, 0.6) is 5.75 Å². The molecule has 0 spiro atoms. The lowest BCUT2D eigenvalue weighted by molar-refractivity contribution is -0.131. The van der Waals surface area contributed by atoms with Crippen molar-refractivity contribution in [3.63, 3.8) is 0 Å². The number of benzene rings is 1. The highest BCUT2D eigenvalue weighted by atomic mass is 16.5. The quantitative estimate of drug-likeness (QED) is 0.608. The lowest BCUT2D eigenvalue weighted by Gasteiger charge is -2.19. The Morgan fingerprint density at radius 3 is 2.53 bits per heavy atom. The number of nitrogens with two attached hydrogens (primary N) is 1. The molecule has 0 aromatic heterocycles. The summed E-state index contributed by atoms with van der Waals surface area (Å²) in [7, 11) is 0. The third-order valence-electron chi connectivity index (χ3n) is 1.87. The van der Waals surface area contributed by atoms with E-state index in [2.05, 4.69) is 0 Å². The Hall–Kier alpha value is -1.35. The van der Waals surface area contributed by atoms with Gasteiger partial charge in [-0.25, -0.2) is 0 Å². The lowest BCUT2D eigenvalue weighted by Crippen LogP contribution is -2.34. The van der Waals surface area contributed by atoms with Crippen LogP contribution in [-0.2, 0) is 11.2 Å². The van der Waals surface area contributed by atoms with Gasteiger partial charge in [-0.1, -0.05) is 18.2 Å². The minimum atomic E-state index is -0.309. The van der Waals surface area contributed by atoms with Crippen LogP contribution in [0.1, 0.15) is 26.3 Å². The van der Waals surface area contributed by atoms with Crippen LogP contribution >= 0.6 is 0 Å². The molecule has 0 heterocycles. The van der Waals surface area contributed by atoms with Crippen molar-refractivity contribution in [3.05, 3.63) is 29.8 Å². The zero-order valence-electron chi connectivity index (χ0n) is 9.41. The van der Waals surface area contributed by atoms with Gasteiger partial charge in [0.25, 0.3) is 0 Å². The summed E-state index contributed by atoms with van der Waals surface area (Å²) in [6.45, 7) is 5.28. The van der Waals surface area contributed by atoms with Crippen molar-refractivity contribution >= 4 is 5.97 Å². The topological polar surface area (TPSA) is 52.3 Å². The van der Waals surface area contributed by atoms with Gasteiger partial charge in [0.15, 0.2) is 0 Å². The van der Waals surface area contributed by atoms with Crippen molar-refractivity contribution in [2.75, 3.05) is 0 Å². The van der Waals surface area contributed by atoms with Gasteiger partial charge in [-0.3, -0.25) is 4.79 Å². The van der Waals surface area contributed by atoms with Crippen molar-refractivity contribution in [1.29, 1.82) is 0 Å². The van der Waals surface area contributed by atoms with Gasteiger partial charge in [0.05, 0.1) is 0 Å². The van der Waals surface area contributed by atoms with E-state index in [1.54, 1.807) is 6.07 Å². The molecule has 0 fully saturated rings. The maximum atomic E-state index is 10.9. The summed E-state index contributed by atoms with van der Waals surface area (Å²) in [5, 5.41) is 0. The van der Waals surface area contributed by atoms with Crippen LogP contribution in [0.2, 0.25) is 0 Å². The zero-order valence-corrected chi connectivity index (χ0v) is 9.41. The molecule has 0 aliphatic carbocycles. The molecule has 0 aliphatic heterocycles. The number of hydrogen-bond donors (Lipinski definition) is 1. The van der Waals surface area contributed by atoms with Crippen molar-refractivity contribution in [2.24, 2.45) is 5.73 Å². The molecule has 3 nitrogen and oxygen atoms in total. The van der Waals surface area contributed by atoms with Crippen LogP contribution in [-0.4, -0.2) is 11.5 Å². The summed E-state index contributed by atoms with van der Waals surface area (Å²) < 4.78 is 5.10. The van der Waals surface area contributed by atoms with E-state index in [0.29, 0.717) is 12.2 Å². The van der Waals surface area contributed by atoms with E-state index in [1.807, 2.05) is 32.0 Å². The van der Waals surface area contributed by atoms with E-state index < -0.39 is 0 Å². The highest BCUT2D eigenvalue weighted by Gasteiger charge is 2.15. The molecule has 15 heavy (non-hydrogen) atoms. The summed E-state index contributed by atoms with van der Waals surface area (Å²) in [5.41, 5.74) is 6.58. The average molecular weight is 207 g/mol. The van der Waals surface area contributed by atoms with Gasteiger partial charge in [-0.15, -0.1) is 0 Å². The minimum Gasteiger partial charge on any atom is -0.426 e. The second-order valence-electron chi connectivity index (χ2n) is 4.37. The fourth-order valence-electron chi connectivity index (χ4n) is 1.40. The first kappa shape index (κ1) is 11.7. The lowest BCUT2D eigenvalue weighted by atomic mass is 9.96. The maximum absolute atomic E-state index is 10.9. The van der Waals surface area contributed by atoms with Crippen LogP contribution in [0.4, 0.5) is 0 Å². The van der Waals surface area contributed by atoms with Gasteiger partial charge >= 0.3 is 5.97 Å². The number of esters is 1. The van der Waals surface area contributed by atoms with E-state index >= 15 is 0 Å². The van der Waals surface area contributed by atoms with Gasteiger partial charge in [0.2, 0.25) is 0 Å². The molecule has 0 unspecified atom stereocenters. The van der Waals surface area contributed by atoms with E-state index in [1.165, 1.54) is 6.92 Å². The van der Waals surface area contributed by atoms with Crippen LogP contribution in [0, 0.1) is 0 Å². The molecule has 0 atom stereocenters. The number of hydrogen-bond acceptors (Lipinski definition) is 3. The molecule has 0 bridgehead atoms. The maximum Gasteiger partial charge on any atom is 0.308 e. The molecule has 2 N–H and O–H groups in total. The Morgan fingerprint density at radius 2 is 2.00 bits per heavy atom. The first-order valence-corrected chi connectivity index (χ1v) is 4.94. The van der Waals surface area contributed by atoms with E-state index in [4.69, 9.17) is 10.5 Å². The van der Waals surface area contributed by atoms with Crippen LogP contribution in [0.25, 0.3) is 0 Å². The highest BCUT2D eigenvalue weighted by Crippen LogP contribution is 2.22. The van der Waals surface area contributed by atoms with Gasteiger partial charge < -0.3 is 10.5 Å². The number of rotatable bonds is 3. The van der Waals surface area contributed by atoms with Crippen LogP contribution in [0.3, 0.4) is 0 Å². The normalized spacial score (nSPS) is 11.2. The molecular formula is C12H17NO2. The van der Waals surface area contributed by atoms with Crippen molar-refractivity contribution < 1.29 is 9.53 Å². The van der Waals surface area contributed by atoms with Gasteiger partial charge in [-0.2, -0.15) is 0 Å². The summed E-state index contributed by atoms with van der Waals surface area (Å²) in [6.07, 6.45) is 0.677. The molecule has 0 radical (unpaired) electrons. The molecule has 1 aromatic carbocycles. The third kappa shape index (κ3) is 4.13. The monoisotopic (exact) mass is 207 g/mol. The fraction of sp³-hybridized carbons (Fsp3) is 0.417. The van der Waals surface area contributed by atoms with Gasteiger partial charge in [-0.05, 0) is 31.9 Å². The number of ether oxygens (including phenoxy) is 1. The van der Waals surface area contributed by atoms with Gasteiger partial charge in [0.1, 0.15) is 5.75 Å². The highest BCUT2D eigenvalue weighted by molar-refractivity contribution is 5.69. The second kappa shape index (κ2) is 4.45. The fourth-order valence-corrected chi connectivity index (χ4v) is 1.40. The smallest absolute Gasteiger partial charge is 0.308 e. The predicted octanol–water partition coefficient (Wildman–Crippen LogP) is 1.89. The van der Waals surface area contributed by atoms with Crippen molar-refractivity contribution in [1.82, 2.24) is 0 Å². The molecule has 1 rings (SSSR count). The molecule has 0 aliphatic rings. The number of para-hydroxylation sites is 1. The first-order valence-electron chi connectivity index (χ1n) is 4.94. The summed E-state index contributed by atoms with van der Waals surface area (Å²) in [5.74, 6) is 0.292. The Labute approximate surface area is 90.2 Å². The molecule has 3 heteroatoms. The first-order chi connectivity index (χ1) is 6.88. The molecule has 0 saturated heterocycles. The predicted molar refractivity (Wildman–Crippen MR) is 59.7 cm³/mol. The van der Waals surface area contributed by atoms with Crippen molar-refractivity contribution in [2.45, 2.75) is 32.7 Å². The largest absolute Gasteiger partial charge is 0.426 e. The molecule has 0 saturated carbocycles. The standard InChI is InChI=1S/C12H17NO2/c1-9(14)15-11-7-5-4-6-10(11)8-12(2,3)13/h4-7H,8,13H2,1-3H3. The van der Waals surface area contributed by atoms with Gasteiger partial charge in [0, 0.05) is 12.5 Å².